The van der Waals surface area contributed by atoms with Crippen molar-refractivity contribution in [2.24, 2.45) is 0 Å². The molecule has 0 atom stereocenters. The molecular weight excluding hydrogens is 473 g/mol. The molecule has 4 aromatic rings. The zero-order chi connectivity index (χ0) is 25.2. The Kier molecular flexibility index (Phi) is 6.88. The molecule has 1 amide bonds. The first-order valence-corrected chi connectivity index (χ1v) is 11.4. The highest BCUT2D eigenvalue weighted by atomic mass is 35.5. The third-order valence-corrected chi connectivity index (χ3v) is 5.76. The fourth-order valence-corrected chi connectivity index (χ4v) is 3.94. The summed E-state index contributed by atoms with van der Waals surface area (Å²) in [4.78, 5) is 29.3. The second-order valence-electron chi connectivity index (χ2n) is 9.00. The molecule has 0 saturated heterocycles. The second-order valence-corrected chi connectivity index (χ2v) is 9.44. The molecule has 10 heteroatoms. The van der Waals surface area contributed by atoms with Gasteiger partial charge in [0.25, 0.3) is 5.89 Å². The number of hydrogen-bond acceptors (Lipinski definition) is 5. The second kappa shape index (κ2) is 9.87. The summed E-state index contributed by atoms with van der Waals surface area (Å²) in [5, 5.41) is 7.73. The van der Waals surface area contributed by atoms with E-state index in [4.69, 9.17) is 16.0 Å². The first-order valence-electron chi connectivity index (χ1n) is 11.0. The minimum absolute atomic E-state index is 0.0423. The first-order chi connectivity index (χ1) is 16.6. The summed E-state index contributed by atoms with van der Waals surface area (Å²) < 4.78 is 21.3. The highest BCUT2D eigenvalue weighted by molar-refractivity contribution is 6.30. The highest BCUT2D eigenvalue weighted by Gasteiger charge is 2.23. The van der Waals surface area contributed by atoms with Crippen molar-refractivity contribution < 1.29 is 13.6 Å². The van der Waals surface area contributed by atoms with E-state index in [9.17, 15) is 14.0 Å². The van der Waals surface area contributed by atoms with Crippen LogP contribution >= 0.6 is 11.6 Å². The number of halogens is 2. The van der Waals surface area contributed by atoms with Crippen molar-refractivity contribution in [1.29, 1.82) is 0 Å². The van der Waals surface area contributed by atoms with E-state index in [2.05, 4.69) is 15.4 Å². The number of carbonyl (C=O) groups excluding carboxylic acids is 1. The highest BCUT2D eigenvalue weighted by Crippen LogP contribution is 2.20. The third-order valence-electron chi connectivity index (χ3n) is 5.51. The molecule has 2 aromatic heterocycles. The average Bonchev–Trinajstić information content (AvgIpc) is 3.33. The quantitative estimate of drug-likeness (QED) is 0.397. The first kappa shape index (κ1) is 24.4. The molecule has 2 aromatic carbocycles. The molecule has 35 heavy (non-hydrogen) atoms. The minimum Gasteiger partial charge on any atom is -0.386 e. The SMILES string of the molecule is Cc1c(-c2nn(CC(=O)NC(C)(C)Cc3ccc(F)cc3)c(=O)o2)ncn1Cc1ccc(Cl)cc1. The number of rotatable bonds is 8. The van der Waals surface area contributed by atoms with Gasteiger partial charge in [-0.25, -0.2) is 14.2 Å². The van der Waals surface area contributed by atoms with E-state index >= 15 is 0 Å². The van der Waals surface area contributed by atoms with E-state index in [1.165, 1.54) is 12.1 Å². The summed E-state index contributed by atoms with van der Waals surface area (Å²) >= 11 is 5.95. The lowest BCUT2D eigenvalue weighted by Crippen LogP contribution is -2.47. The molecule has 0 aliphatic carbocycles. The van der Waals surface area contributed by atoms with Gasteiger partial charge < -0.3 is 14.3 Å². The molecule has 1 N–H and O–H groups in total. The number of carbonyl (C=O) groups is 1. The summed E-state index contributed by atoms with van der Waals surface area (Å²) in [5.74, 6) is -1.43. The lowest BCUT2D eigenvalue weighted by molar-refractivity contribution is -0.123. The van der Waals surface area contributed by atoms with Crippen molar-refractivity contribution >= 4 is 17.5 Å². The maximum atomic E-state index is 13.1. The van der Waals surface area contributed by atoms with E-state index in [1.807, 2.05) is 49.6 Å². The lowest BCUT2D eigenvalue weighted by atomic mass is 9.95. The number of nitrogens with one attached hydrogen (secondary N) is 1. The average molecular weight is 498 g/mol. The van der Waals surface area contributed by atoms with Crippen LogP contribution in [0.5, 0.6) is 0 Å². The standard InChI is InChI=1S/C25H25ClFN5O3/c1-16-22(28-15-31(16)13-18-4-8-19(26)9-5-18)23-30-32(24(34)35-23)14-21(33)29-25(2,3)12-17-6-10-20(27)11-7-17/h4-11,15H,12-14H2,1-3H3,(H,29,33). The monoisotopic (exact) mass is 497 g/mol. The van der Waals surface area contributed by atoms with E-state index < -0.39 is 17.2 Å². The van der Waals surface area contributed by atoms with Gasteiger partial charge in [-0.1, -0.05) is 35.9 Å². The van der Waals surface area contributed by atoms with Gasteiger partial charge in [0, 0.05) is 22.8 Å². The van der Waals surface area contributed by atoms with E-state index in [-0.39, 0.29) is 18.3 Å². The number of imidazole rings is 1. The molecule has 0 saturated carbocycles. The zero-order valence-electron chi connectivity index (χ0n) is 19.6. The molecular formula is C25H25ClFN5O3. The molecule has 0 aliphatic heterocycles. The van der Waals surface area contributed by atoms with Gasteiger partial charge in [-0.15, -0.1) is 5.10 Å². The molecule has 0 fully saturated rings. The number of hydrogen-bond donors (Lipinski definition) is 1. The Morgan fingerprint density at radius 3 is 2.46 bits per heavy atom. The van der Waals surface area contributed by atoms with Crippen LogP contribution in [0, 0.1) is 12.7 Å². The fourth-order valence-electron chi connectivity index (χ4n) is 3.81. The zero-order valence-corrected chi connectivity index (χ0v) is 20.3. The van der Waals surface area contributed by atoms with Crippen LogP contribution in [0.4, 0.5) is 4.39 Å². The van der Waals surface area contributed by atoms with E-state index in [0.29, 0.717) is 23.7 Å². The largest absolute Gasteiger partial charge is 0.437 e. The Hall–Kier alpha value is -3.72. The smallest absolute Gasteiger partial charge is 0.386 e. The van der Waals surface area contributed by atoms with Crippen molar-refractivity contribution in [2.45, 2.75) is 45.8 Å². The normalized spacial score (nSPS) is 11.6. The fraction of sp³-hybridized carbons (Fsp3) is 0.280. The van der Waals surface area contributed by atoms with Crippen molar-refractivity contribution in [1.82, 2.24) is 24.6 Å². The molecule has 0 aliphatic rings. The molecule has 0 spiro atoms. The van der Waals surface area contributed by atoms with Crippen LogP contribution < -0.4 is 11.1 Å². The Morgan fingerprint density at radius 2 is 1.77 bits per heavy atom. The van der Waals surface area contributed by atoms with Crippen LogP contribution in [0.2, 0.25) is 5.02 Å². The molecule has 8 nitrogen and oxygen atoms in total. The van der Waals surface area contributed by atoms with Gasteiger partial charge in [-0.3, -0.25) is 4.79 Å². The van der Waals surface area contributed by atoms with Gasteiger partial charge in [0.15, 0.2) is 0 Å². The van der Waals surface area contributed by atoms with Crippen molar-refractivity contribution in [2.75, 3.05) is 0 Å². The van der Waals surface area contributed by atoms with Crippen molar-refractivity contribution in [3.05, 3.63) is 93.1 Å². The van der Waals surface area contributed by atoms with Crippen LogP contribution in [0.1, 0.15) is 30.7 Å². The molecule has 0 unspecified atom stereocenters. The molecule has 0 bridgehead atoms. The molecule has 0 radical (unpaired) electrons. The number of nitrogens with zero attached hydrogens (tertiary/aromatic N) is 4. The van der Waals surface area contributed by atoms with Gasteiger partial charge >= 0.3 is 5.76 Å². The van der Waals surface area contributed by atoms with Crippen molar-refractivity contribution in [3.8, 4) is 11.6 Å². The van der Waals surface area contributed by atoms with Gasteiger partial charge in [-0.2, -0.15) is 4.68 Å². The topological polar surface area (TPSA) is 94.9 Å². The van der Waals surface area contributed by atoms with E-state index in [0.717, 1.165) is 21.5 Å². The Balaban J connectivity index is 1.43. The Bertz CT molecular complexity index is 1390. The van der Waals surface area contributed by atoms with Gasteiger partial charge in [0.2, 0.25) is 5.91 Å². The van der Waals surface area contributed by atoms with Crippen LogP contribution in [0.15, 0.2) is 64.1 Å². The third kappa shape index (κ3) is 6.05. The van der Waals surface area contributed by atoms with Crippen LogP contribution in [-0.4, -0.2) is 30.8 Å². The van der Waals surface area contributed by atoms with Crippen molar-refractivity contribution in [3.63, 3.8) is 0 Å². The number of benzene rings is 2. The molecule has 4 rings (SSSR count). The van der Waals surface area contributed by atoms with Gasteiger partial charge in [0.05, 0.1) is 6.33 Å². The summed E-state index contributed by atoms with van der Waals surface area (Å²) in [5.41, 5.74) is 2.47. The van der Waals surface area contributed by atoms with Crippen LogP contribution in [-0.2, 0) is 24.3 Å². The van der Waals surface area contributed by atoms with E-state index in [1.54, 1.807) is 18.5 Å². The summed E-state index contributed by atoms with van der Waals surface area (Å²) in [6.07, 6.45) is 2.13. The molecule has 2 heterocycles. The predicted molar refractivity (Wildman–Crippen MR) is 130 cm³/mol. The number of amides is 1. The Labute approximate surface area is 206 Å². The minimum atomic E-state index is -0.752. The van der Waals surface area contributed by atoms with Gasteiger partial charge in [0.1, 0.15) is 18.1 Å². The maximum Gasteiger partial charge on any atom is 0.437 e. The summed E-state index contributed by atoms with van der Waals surface area (Å²) in [6.45, 7) is 5.80. The Morgan fingerprint density at radius 1 is 1.11 bits per heavy atom. The summed E-state index contributed by atoms with van der Waals surface area (Å²) in [7, 11) is 0. The lowest BCUT2D eigenvalue weighted by Gasteiger charge is -2.26. The van der Waals surface area contributed by atoms with Crippen LogP contribution in [0.25, 0.3) is 11.6 Å². The number of aromatic nitrogens is 4. The summed E-state index contributed by atoms with van der Waals surface area (Å²) in [6, 6.07) is 13.6. The molecule has 182 valence electrons. The maximum absolute atomic E-state index is 13.1. The predicted octanol–water partition coefficient (Wildman–Crippen LogP) is 3.99. The van der Waals surface area contributed by atoms with Crippen LogP contribution in [0.3, 0.4) is 0 Å². The van der Waals surface area contributed by atoms with Gasteiger partial charge in [-0.05, 0) is 62.6 Å².